The van der Waals surface area contributed by atoms with Crippen molar-refractivity contribution in [3.63, 3.8) is 0 Å². The van der Waals surface area contributed by atoms with E-state index in [0.717, 1.165) is 17.5 Å². The average molecular weight is 275 g/mol. The maximum atomic E-state index is 11.0. The lowest BCUT2D eigenvalue weighted by Crippen LogP contribution is -2.05. The minimum absolute atomic E-state index is 0.377. The molecule has 6 heteroatoms. The van der Waals surface area contributed by atoms with Crippen molar-refractivity contribution in [2.24, 2.45) is 0 Å². The third-order valence-electron chi connectivity index (χ3n) is 3.10. The van der Waals surface area contributed by atoms with Gasteiger partial charge in [0.2, 0.25) is 0 Å². The van der Waals surface area contributed by atoms with Crippen LogP contribution in [0.3, 0.4) is 0 Å². The van der Waals surface area contributed by atoms with E-state index in [1.807, 2.05) is 25.1 Å². The molecule has 0 spiro atoms. The lowest BCUT2D eigenvalue weighted by molar-refractivity contribution is 0.111. The second-order valence-corrected chi connectivity index (χ2v) is 4.22. The number of hydrogen-bond acceptors (Lipinski definition) is 5. The Morgan fingerprint density at radius 3 is 2.60 bits per heavy atom. The number of methoxy groups -OCH3 is 2. The molecule has 0 bridgehead atoms. The van der Waals surface area contributed by atoms with Gasteiger partial charge in [0.1, 0.15) is 5.69 Å². The zero-order valence-electron chi connectivity index (χ0n) is 11.8. The van der Waals surface area contributed by atoms with Gasteiger partial charge in [-0.1, -0.05) is 11.3 Å². The summed E-state index contributed by atoms with van der Waals surface area (Å²) in [5, 5.41) is 7.82. The number of benzene rings is 1. The van der Waals surface area contributed by atoms with E-state index in [9.17, 15) is 4.79 Å². The Morgan fingerprint density at radius 1 is 1.25 bits per heavy atom. The smallest absolute Gasteiger partial charge is 0.172 e. The number of carbonyl (C=O) groups is 1. The molecule has 1 aromatic carbocycles. The highest BCUT2D eigenvalue weighted by Gasteiger charge is 2.13. The molecule has 2 aromatic rings. The van der Waals surface area contributed by atoms with Crippen LogP contribution in [-0.2, 0) is 13.0 Å². The highest BCUT2D eigenvalue weighted by Crippen LogP contribution is 2.28. The molecule has 1 heterocycles. The minimum atomic E-state index is 0.377. The predicted molar refractivity (Wildman–Crippen MR) is 73.4 cm³/mol. The van der Waals surface area contributed by atoms with Crippen LogP contribution in [0.15, 0.2) is 18.2 Å². The van der Waals surface area contributed by atoms with Crippen LogP contribution >= 0.6 is 0 Å². The normalized spacial score (nSPS) is 10.3. The highest BCUT2D eigenvalue weighted by molar-refractivity contribution is 5.73. The van der Waals surface area contributed by atoms with Crippen LogP contribution in [0.1, 0.15) is 28.7 Å². The first-order chi connectivity index (χ1) is 9.73. The van der Waals surface area contributed by atoms with Gasteiger partial charge in [0.25, 0.3) is 0 Å². The van der Waals surface area contributed by atoms with Crippen molar-refractivity contribution < 1.29 is 14.3 Å². The molecule has 106 valence electrons. The second kappa shape index (κ2) is 6.18. The second-order valence-electron chi connectivity index (χ2n) is 4.22. The Hall–Kier alpha value is -2.37. The molecule has 0 radical (unpaired) electrons. The molecule has 0 unspecified atom stereocenters. The fourth-order valence-corrected chi connectivity index (χ4v) is 2.06. The molecule has 0 fully saturated rings. The van der Waals surface area contributed by atoms with Gasteiger partial charge in [-0.25, -0.2) is 4.68 Å². The third kappa shape index (κ3) is 2.64. The van der Waals surface area contributed by atoms with Crippen LogP contribution in [0.2, 0.25) is 0 Å². The van der Waals surface area contributed by atoms with Gasteiger partial charge in [0.15, 0.2) is 17.8 Å². The first kappa shape index (κ1) is 14.0. The molecular weight excluding hydrogens is 258 g/mol. The van der Waals surface area contributed by atoms with Gasteiger partial charge in [0, 0.05) is 13.0 Å². The molecule has 0 aliphatic heterocycles. The predicted octanol–water partition coefficient (Wildman–Crippen LogP) is 1.72. The highest BCUT2D eigenvalue weighted by atomic mass is 16.5. The number of aldehydes is 1. The van der Waals surface area contributed by atoms with Crippen molar-refractivity contribution in [1.29, 1.82) is 0 Å². The zero-order chi connectivity index (χ0) is 14.5. The number of rotatable bonds is 6. The summed E-state index contributed by atoms with van der Waals surface area (Å²) >= 11 is 0. The Labute approximate surface area is 117 Å². The van der Waals surface area contributed by atoms with E-state index in [0.29, 0.717) is 30.2 Å². The molecule has 0 aliphatic rings. The fourth-order valence-electron chi connectivity index (χ4n) is 2.06. The van der Waals surface area contributed by atoms with Gasteiger partial charge in [-0.05, 0) is 24.6 Å². The Balaban J connectivity index is 2.34. The Morgan fingerprint density at radius 2 is 2.00 bits per heavy atom. The molecule has 0 aliphatic carbocycles. The quantitative estimate of drug-likeness (QED) is 0.751. The van der Waals surface area contributed by atoms with Crippen molar-refractivity contribution in [2.75, 3.05) is 14.2 Å². The number of aromatic nitrogens is 3. The van der Waals surface area contributed by atoms with E-state index in [4.69, 9.17) is 9.47 Å². The van der Waals surface area contributed by atoms with Crippen LogP contribution in [0.5, 0.6) is 11.5 Å². The van der Waals surface area contributed by atoms with Crippen LogP contribution in [0, 0.1) is 0 Å². The van der Waals surface area contributed by atoms with Crippen molar-refractivity contribution in [2.45, 2.75) is 19.9 Å². The van der Waals surface area contributed by atoms with Crippen LogP contribution in [0.4, 0.5) is 0 Å². The summed E-state index contributed by atoms with van der Waals surface area (Å²) in [6, 6.07) is 5.66. The van der Waals surface area contributed by atoms with Crippen LogP contribution < -0.4 is 9.47 Å². The van der Waals surface area contributed by atoms with Crippen LogP contribution in [-0.4, -0.2) is 35.5 Å². The summed E-state index contributed by atoms with van der Waals surface area (Å²) < 4.78 is 12.2. The molecular formula is C14H17N3O3. The standard InChI is InChI=1S/C14H17N3O3/c1-4-17-12(11(9-18)15-16-17)7-10-5-6-13(19-2)14(8-10)20-3/h5-6,8-9H,4,7H2,1-3H3. The van der Waals surface area contributed by atoms with E-state index >= 15 is 0 Å². The van der Waals surface area contributed by atoms with E-state index in [2.05, 4.69) is 10.3 Å². The van der Waals surface area contributed by atoms with Crippen LogP contribution in [0.25, 0.3) is 0 Å². The molecule has 0 N–H and O–H groups in total. The molecule has 6 nitrogen and oxygen atoms in total. The number of hydrogen-bond donors (Lipinski definition) is 0. The van der Waals surface area contributed by atoms with Gasteiger partial charge < -0.3 is 9.47 Å². The summed E-state index contributed by atoms with van der Waals surface area (Å²) in [6.07, 6.45) is 1.30. The summed E-state index contributed by atoms with van der Waals surface area (Å²) in [6.45, 7) is 2.63. The number of carbonyl (C=O) groups excluding carboxylic acids is 1. The molecule has 0 atom stereocenters. The maximum Gasteiger partial charge on any atom is 0.172 e. The van der Waals surface area contributed by atoms with E-state index in [1.165, 1.54) is 0 Å². The zero-order valence-corrected chi connectivity index (χ0v) is 11.8. The lowest BCUT2D eigenvalue weighted by atomic mass is 10.1. The van der Waals surface area contributed by atoms with Crippen molar-refractivity contribution in [1.82, 2.24) is 15.0 Å². The molecule has 1 aromatic heterocycles. The lowest BCUT2D eigenvalue weighted by Gasteiger charge is -2.10. The average Bonchev–Trinajstić information content (AvgIpc) is 2.88. The van der Waals surface area contributed by atoms with Gasteiger partial charge in [-0.3, -0.25) is 4.79 Å². The molecule has 20 heavy (non-hydrogen) atoms. The first-order valence-electron chi connectivity index (χ1n) is 6.31. The van der Waals surface area contributed by atoms with Crippen molar-refractivity contribution in [3.05, 3.63) is 35.2 Å². The Bertz CT molecular complexity index is 608. The van der Waals surface area contributed by atoms with Gasteiger partial charge >= 0.3 is 0 Å². The van der Waals surface area contributed by atoms with Crippen molar-refractivity contribution in [3.8, 4) is 11.5 Å². The third-order valence-corrected chi connectivity index (χ3v) is 3.10. The number of nitrogens with zero attached hydrogens (tertiary/aromatic N) is 3. The summed E-state index contributed by atoms with van der Waals surface area (Å²) in [5.41, 5.74) is 2.18. The SMILES string of the molecule is CCn1nnc(C=O)c1Cc1ccc(OC)c(OC)c1. The monoisotopic (exact) mass is 275 g/mol. The maximum absolute atomic E-state index is 11.0. The largest absolute Gasteiger partial charge is 0.493 e. The summed E-state index contributed by atoms with van der Waals surface area (Å²) in [7, 11) is 3.19. The molecule has 0 saturated heterocycles. The summed E-state index contributed by atoms with van der Waals surface area (Å²) in [4.78, 5) is 11.0. The number of ether oxygens (including phenoxy) is 2. The van der Waals surface area contributed by atoms with Gasteiger partial charge in [-0.15, -0.1) is 5.10 Å². The summed E-state index contributed by atoms with van der Waals surface area (Å²) in [5.74, 6) is 1.34. The molecule has 2 rings (SSSR count). The van der Waals surface area contributed by atoms with E-state index in [1.54, 1.807) is 18.9 Å². The van der Waals surface area contributed by atoms with Gasteiger partial charge in [0.05, 0.1) is 19.9 Å². The first-order valence-corrected chi connectivity index (χ1v) is 6.31. The minimum Gasteiger partial charge on any atom is -0.493 e. The van der Waals surface area contributed by atoms with Gasteiger partial charge in [-0.2, -0.15) is 0 Å². The molecule has 0 amide bonds. The Kier molecular flexibility index (Phi) is 4.34. The fraction of sp³-hybridized carbons (Fsp3) is 0.357. The molecule has 0 saturated carbocycles. The van der Waals surface area contributed by atoms with Crippen molar-refractivity contribution >= 4 is 6.29 Å². The van der Waals surface area contributed by atoms with E-state index < -0.39 is 0 Å². The van der Waals surface area contributed by atoms with E-state index in [-0.39, 0.29) is 0 Å². The number of aryl methyl sites for hydroxylation is 1. The topological polar surface area (TPSA) is 66.2 Å².